The number of amides is 1. The Labute approximate surface area is 166 Å². The van der Waals surface area contributed by atoms with Crippen molar-refractivity contribution < 1.29 is 32.6 Å². The molecule has 2 aromatic carbocycles. The fourth-order valence-corrected chi connectivity index (χ4v) is 4.07. The number of ketones is 1. The van der Waals surface area contributed by atoms with Gasteiger partial charge in [0.05, 0.1) is 16.8 Å². The van der Waals surface area contributed by atoms with Crippen LogP contribution in [-0.2, 0) is 17.5 Å². The summed E-state index contributed by atoms with van der Waals surface area (Å²) in [5.74, 6) is -0.953. The number of Topliss-reactive ketones (excluding diaryl/α,β-unsaturated/α-hetero) is 1. The number of para-hydroxylation sites is 1. The Morgan fingerprint density at radius 1 is 0.897 bits per heavy atom. The van der Waals surface area contributed by atoms with Crippen LogP contribution in [0.4, 0.5) is 18.9 Å². The number of anilines is 1. The maximum Gasteiger partial charge on any atom is 0.416 e. The van der Waals surface area contributed by atoms with Crippen LogP contribution >= 0.6 is 0 Å². The molecular weight excluding hydrogens is 383 g/mol. The molecule has 2 aromatic rings. The summed E-state index contributed by atoms with van der Waals surface area (Å²) in [6.45, 7) is 4.13. The number of nitrogens with one attached hydrogen (secondary N) is 2. The first-order chi connectivity index (χ1) is 13.8. The van der Waals surface area contributed by atoms with Crippen LogP contribution in [0.25, 0.3) is 0 Å². The number of halogens is 3. The van der Waals surface area contributed by atoms with Gasteiger partial charge in [-0.1, -0.05) is 24.3 Å². The van der Waals surface area contributed by atoms with Crippen LogP contribution in [-0.4, -0.2) is 44.5 Å². The van der Waals surface area contributed by atoms with Crippen LogP contribution in [0, 0.1) is 0 Å². The summed E-state index contributed by atoms with van der Waals surface area (Å²) in [6.07, 6.45) is -4.33. The van der Waals surface area contributed by atoms with Gasteiger partial charge in [-0.15, -0.1) is 0 Å². The third kappa shape index (κ3) is 4.04. The standard InChI is InChI=1S/C21H20F3N3O2/c22-21(23,24)16-5-3-4-15(12-16)13-25-8-10-26(11-9-25)14-27-18-7-2-1-6-17(18)19(28)20(27)29/h1-7,12H,8-11,13-14H2/p+2. The van der Waals surface area contributed by atoms with Crippen molar-refractivity contribution in [2.24, 2.45) is 0 Å². The summed E-state index contributed by atoms with van der Waals surface area (Å²) < 4.78 is 38.7. The van der Waals surface area contributed by atoms with Crippen molar-refractivity contribution in [2.75, 3.05) is 37.7 Å². The van der Waals surface area contributed by atoms with Gasteiger partial charge in [-0.05, 0) is 24.3 Å². The van der Waals surface area contributed by atoms with Crippen molar-refractivity contribution in [1.29, 1.82) is 0 Å². The highest BCUT2D eigenvalue weighted by Gasteiger charge is 2.38. The van der Waals surface area contributed by atoms with Gasteiger partial charge in [0.15, 0.2) is 6.67 Å². The minimum absolute atomic E-state index is 0.429. The van der Waals surface area contributed by atoms with E-state index in [1.165, 1.54) is 21.9 Å². The zero-order chi connectivity index (χ0) is 20.6. The number of piperazine rings is 1. The Bertz CT molecular complexity index is 937. The van der Waals surface area contributed by atoms with Gasteiger partial charge in [-0.2, -0.15) is 13.2 Å². The van der Waals surface area contributed by atoms with Crippen LogP contribution in [0.1, 0.15) is 21.5 Å². The topological polar surface area (TPSA) is 46.3 Å². The Kier molecular flexibility index (Phi) is 5.14. The normalized spacial score (nSPS) is 22.1. The molecule has 1 saturated heterocycles. The third-order valence-corrected chi connectivity index (χ3v) is 5.63. The molecule has 1 amide bonds. The molecular formula is C21H22F3N3O2+2. The van der Waals surface area contributed by atoms with E-state index in [1.807, 2.05) is 6.07 Å². The van der Waals surface area contributed by atoms with E-state index in [-0.39, 0.29) is 0 Å². The van der Waals surface area contributed by atoms with E-state index >= 15 is 0 Å². The molecule has 8 heteroatoms. The van der Waals surface area contributed by atoms with Crippen molar-refractivity contribution in [3.05, 3.63) is 65.2 Å². The highest BCUT2D eigenvalue weighted by molar-refractivity contribution is 6.52. The number of nitrogens with zero attached hydrogens (tertiary/aromatic N) is 1. The van der Waals surface area contributed by atoms with E-state index in [0.717, 1.165) is 32.2 Å². The van der Waals surface area contributed by atoms with Gasteiger partial charge in [-0.3, -0.25) is 14.5 Å². The van der Waals surface area contributed by atoms with Crippen molar-refractivity contribution in [1.82, 2.24) is 0 Å². The maximum absolute atomic E-state index is 12.9. The Morgan fingerprint density at radius 2 is 1.59 bits per heavy atom. The number of fused-ring (bicyclic) bond motifs is 1. The molecule has 0 unspecified atom stereocenters. The van der Waals surface area contributed by atoms with Gasteiger partial charge in [0.2, 0.25) is 0 Å². The molecule has 152 valence electrons. The summed E-state index contributed by atoms with van der Waals surface area (Å²) in [4.78, 5) is 28.4. The lowest BCUT2D eigenvalue weighted by atomic mass is 10.1. The molecule has 0 spiro atoms. The maximum atomic E-state index is 12.9. The first-order valence-electron chi connectivity index (χ1n) is 9.61. The predicted molar refractivity (Wildman–Crippen MR) is 99.7 cm³/mol. The molecule has 0 bridgehead atoms. The average molecular weight is 405 g/mol. The molecule has 2 aliphatic rings. The smallest absolute Gasteiger partial charge is 0.322 e. The number of alkyl halides is 3. The van der Waals surface area contributed by atoms with Gasteiger partial charge >= 0.3 is 12.1 Å². The second-order valence-corrected chi connectivity index (χ2v) is 7.61. The highest BCUT2D eigenvalue weighted by atomic mass is 19.4. The fraction of sp³-hybridized carbons (Fsp3) is 0.333. The highest BCUT2D eigenvalue weighted by Crippen LogP contribution is 2.29. The molecule has 4 rings (SSSR count). The molecule has 0 saturated carbocycles. The van der Waals surface area contributed by atoms with Crippen molar-refractivity contribution in [3.63, 3.8) is 0 Å². The summed E-state index contributed by atoms with van der Waals surface area (Å²) in [5, 5.41) is 0. The average Bonchev–Trinajstić information content (AvgIpc) is 2.94. The number of benzene rings is 2. The van der Waals surface area contributed by atoms with Gasteiger partial charge in [0.1, 0.15) is 32.7 Å². The second-order valence-electron chi connectivity index (χ2n) is 7.61. The molecule has 0 aromatic heterocycles. The molecule has 5 nitrogen and oxygen atoms in total. The zero-order valence-corrected chi connectivity index (χ0v) is 15.8. The Hall–Kier alpha value is -2.71. The number of carbonyl (C=O) groups is 2. The summed E-state index contributed by atoms with van der Waals surface area (Å²) in [5.41, 5.74) is 1.17. The molecule has 0 aliphatic carbocycles. The molecule has 1 fully saturated rings. The number of hydrogen-bond acceptors (Lipinski definition) is 2. The lowest BCUT2D eigenvalue weighted by Gasteiger charge is -2.32. The van der Waals surface area contributed by atoms with Crippen LogP contribution in [0.3, 0.4) is 0 Å². The van der Waals surface area contributed by atoms with Crippen LogP contribution in [0.5, 0.6) is 0 Å². The van der Waals surface area contributed by atoms with E-state index < -0.39 is 23.4 Å². The minimum atomic E-state index is -4.33. The molecule has 2 N–H and O–H groups in total. The van der Waals surface area contributed by atoms with Crippen LogP contribution in [0.15, 0.2) is 48.5 Å². The van der Waals surface area contributed by atoms with E-state index in [1.54, 1.807) is 29.2 Å². The Morgan fingerprint density at radius 3 is 2.31 bits per heavy atom. The predicted octanol–water partition coefficient (Wildman–Crippen LogP) is 0.176. The monoisotopic (exact) mass is 405 g/mol. The lowest BCUT2D eigenvalue weighted by molar-refractivity contribution is -1.02. The molecule has 0 radical (unpaired) electrons. The second kappa shape index (κ2) is 7.61. The number of quaternary nitrogens is 2. The number of carbonyl (C=O) groups excluding carboxylic acids is 2. The van der Waals surface area contributed by atoms with Gasteiger partial charge in [0.25, 0.3) is 5.78 Å². The lowest BCUT2D eigenvalue weighted by Crippen LogP contribution is -3.28. The summed E-state index contributed by atoms with van der Waals surface area (Å²) in [6, 6.07) is 12.5. The quantitative estimate of drug-likeness (QED) is 0.713. The molecule has 0 atom stereocenters. The third-order valence-electron chi connectivity index (χ3n) is 5.63. The van der Waals surface area contributed by atoms with E-state index in [9.17, 15) is 22.8 Å². The SMILES string of the molecule is O=C1C(=O)N(C[NH+]2CC[NH+](Cc3cccc(C(F)(F)F)c3)CC2)c2ccccc21. The van der Waals surface area contributed by atoms with Gasteiger partial charge in [0, 0.05) is 5.56 Å². The first-order valence-corrected chi connectivity index (χ1v) is 9.61. The first kappa shape index (κ1) is 19.6. The van der Waals surface area contributed by atoms with Crippen molar-refractivity contribution in [3.8, 4) is 0 Å². The van der Waals surface area contributed by atoms with Crippen LogP contribution in [0.2, 0.25) is 0 Å². The van der Waals surface area contributed by atoms with E-state index in [0.29, 0.717) is 30.0 Å². The van der Waals surface area contributed by atoms with Crippen molar-refractivity contribution in [2.45, 2.75) is 12.7 Å². The van der Waals surface area contributed by atoms with Gasteiger partial charge in [-0.25, -0.2) is 0 Å². The number of rotatable bonds is 4. The zero-order valence-electron chi connectivity index (χ0n) is 15.8. The summed E-state index contributed by atoms with van der Waals surface area (Å²) in [7, 11) is 0. The van der Waals surface area contributed by atoms with E-state index in [4.69, 9.17) is 0 Å². The Balaban J connectivity index is 1.35. The number of hydrogen-bond donors (Lipinski definition) is 2. The largest absolute Gasteiger partial charge is 0.416 e. The van der Waals surface area contributed by atoms with Gasteiger partial charge < -0.3 is 9.80 Å². The molecule has 29 heavy (non-hydrogen) atoms. The van der Waals surface area contributed by atoms with Crippen LogP contribution < -0.4 is 14.7 Å². The minimum Gasteiger partial charge on any atom is -0.322 e. The molecule has 2 heterocycles. The van der Waals surface area contributed by atoms with E-state index in [2.05, 4.69) is 0 Å². The summed E-state index contributed by atoms with van der Waals surface area (Å²) >= 11 is 0. The van der Waals surface area contributed by atoms with Crippen molar-refractivity contribution >= 4 is 17.4 Å². The molecule has 2 aliphatic heterocycles. The fourth-order valence-electron chi connectivity index (χ4n) is 4.07.